The summed E-state index contributed by atoms with van der Waals surface area (Å²) in [6.07, 6.45) is 0.308. The quantitative estimate of drug-likeness (QED) is 0.449. The molecule has 1 atom stereocenters. The molecule has 0 rings (SSSR count). The second kappa shape index (κ2) is 3.90. The first kappa shape index (κ1) is 9.87. The molecule has 0 heterocycles. The molecular weight excluding hydrogens is 156 g/mol. The van der Waals surface area contributed by atoms with E-state index in [0.29, 0.717) is 6.61 Å². The molecule has 0 saturated carbocycles. The van der Waals surface area contributed by atoms with Crippen molar-refractivity contribution in [3.05, 3.63) is 0 Å². The monoisotopic (exact) mass is 168 g/mol. The van der Waals surface area contributed by atoms with Gasteiger partial charge in [0.05, 0.1) is 6.26 Å². The van der Waals surface area contributed by atoms with Crippen molar-refractivity contribution in [1.29, 1.82) is 0 Å². The van der Waals surface area contributed by atoms with Crippen molar-refractivity contribution in [3.8, 4) is 0 Å². The van der Waals surface area contributed by atoms with Crippen LogP contribution >= 0.6 is 0 Å². The van der Waals surface area contributed by atoms with Crippen molar-refractivity contribution in [2.24, 2.45) is 0 Å². The molecule has 0 aliphatic rings. The molecule has 0 aromatic carbocycles. The minimum Gasteiger partial charge on any atom is -0.352 e. The van der Waals surface area contributed by atoms with Crippen LogP contribution in [0.5, 0.6) is 0 Å². The van der Waals surface area contributed by atoms with E-state index >= 15 is 0 Å². The van der Waals surface area contributed by atoms with E-state index < -0.39 is 16.4 Å². The third-order valence-electron chi connectivity index (χ3n) is 0.712. The van der Waals surface area contributed by atoms with Crippen LogP contribution in [0.2, 0.25) is 0 Å². The van der Waals surface area contributed by atoms with Gasteiger partial charge in [-0.2, -0.15) is 8.42 Å². The van der Waals surface area contributed by atoms with Crippen LogP contribution in [0.15, 0.2) is 0 Å². The second-order valence-corrected chi connectivity index (χ2v) is 3.42. The third-order valence-corrected chi connectivity index (χ3v) is 1.33. The highest BCUT2D eigenvalue weighted by molar-refractivity contribution is 7.86. The minimum atomic E-state index is -3.37. The van der Waals surface area contributed by atoms with Gasteiger partial charge in [0, 0.05) is 6.61 Å². The number of hydrogen-bond acceptors (Lipinski definition) is 4. The Labute approximate surface area is 61.3 Å². The van der Waals surface area contributed by atoms with Gasteiger partial charge in [-0.25, -0.2) is 4.18 Å². The first-order valence-corrected chi connectivity index (χ1v) is 4.77. The van der Waals surface area contributed by atoms with Gasteiger partial charge in [-0.05, 0) is 13.8 Å². The maximum absolute atomic E-state index is 10.4. The van der Waals surface area contributed by atoms with Crippen molar-refractivity contribution in [2.75, 3.05) is 12.9 Å². The van der Waals surface area contributed by atoms with Crippen molar-refractivity contribution < 1.29 is 17.3 Å². The van der Waals surface area contributed by atoms with Crippen LogP contribution in [0, 0.1) is 0 Å². The molecular formula is C5H12O4S. The topological polar surface area (TPSA) is 52.6 Å². The maximum atomic E-state index is 10.4. The van der Waals surface area contributed by atoms with Crippen molar-refractivity contribution in [1.82, 2.24) is 0 Å². The Morgan fingerprint density at radius 1 is 1.50 bits per heavy atom. The van der Waals surface area contributed by atoms with Gasteiger partial charge in [-0.3, -0.25) is 0 Å². The molecule has 0 amide bonds. The van der Waals surface area contributed by atoms with E-state index in [-0.39, 0.29) is 0 Å². The second-order valence-electron chi connectivity index (χ2n) is 1.82. The summed E-state index contributed by atoms with van der Waals surface area (Å²) >= 11 is 0. The Kier molecular flexibility index (Phi) is 3.85. The molecule has 0 fully saturated rings. The zero-order chi connectivity index (χ0) is 8.20. The van der Waals surface area contributed by atoms with Crippen molar-refractivity contribution in [3.63, 3.8) is 0 Å². The van der Waals surface area contributed by atoms with E-state index in [1.54, 1.807) is 6.92 Å². The van der Waals surface area contributed by atoms with Crippen LogP contribution in [-0.2, 0) is 19.0 Å². The highest BCUT2D eigenvalue weighted by Gasteiger charge is 2.08. The first-order valence-electron chi connectivity index (χ1n) is 2.95. The molecule has 10 heavy (non-hydrogen) atoms. The summed E-state index contributed by atoms with van der Waals surface area (Å²) in [5.74, 6) is 0. The lowest BCUT2D eigenvalue weighted by Gasteiger charge is -2.09. The minimum absolute atomic E-state index is 0.441. The van der Waals surface area contributed by atoms with Crippen LogP contribution < -0.4 is 0 Å². The molecule has 5 heteroatoms. The third kappa shape index (κ3) is 6.00. The van der Waals surface area contributed by atoms with E-state index in [2.05, 4.69) is 4.18 Å². The molecule has 0 aliphatic heterocycles. The van der Waals surface area contributed by atoms with Crippen molar-refractivity contribution in [2.45, 2.75) is 20.1 Å². The van der Waals surface area contributed by atoms with Crippen molar-refractivity contribution >= 4 is 10.1 Å². The molecule has 0 aromatic heterocycles. The first-order chi connectivity index (χ1) is 4.45. The Hall–Kier alpha value is -0.130. The fourth-order valence-corrected chi connectivity index (χ4v) is 1.06. The SMILES string of the molecule is CCOC(C)OS(C)(=O)=O. The number of ether oxygens (including phenoxy) is 1. The molecule has 0 spiro atoms. The molecule has 0 aliphatic carbocycles. The molecule has 0 saturated heterocycles. The lowest BCUT2D eigenvalue weighted by Crippen LogP contribution is -2.16. The Morgan fingerprint density at radius 3 is 2.30 bits per heavy atom. The summed E-state index contributed by atoms with van der Waals surface area (Å²) < 4.78 is 30.1. The summed E-state index contributed by atoms with van der Waals surface area (Å²) in [6.45, 7) is 3.74. The van der Waals surface area contributed by atoms with Gasteiger partial charge in [0.2, 0.25) is 0 Å². The lowest BCUT2D eigenvalue weighted by molar-refractivity contribution is -0.0566. The van der Waals surface area contributed by atoms with Crippen LogP contribution in [0.25, 0.3) is 0 Å². The van der Waals surface area contributed by atoms with Gasteiger partial charge in [-0.1, -0.05) is 0 Å². The summed E-state index contributed by atoms with van der Waals surface area (Å²) in [5, 5.41) is 0. The molecule has 1 unspecified atom stereocenters. The van der Waals surface area contributed by atoms with E-state index in [9.17, 15) is 8.42 Å². The number of hydrogen-bond donors (Lipinski definition) is 0. The fourth-order valence-electron chi connectivity index (χ4n) is 0.509. The maximum Gasteiger partial charge on any atom is 0.266 e. The van der Waals surface area contributed by atoms with E-state index in [1.165, 1.54) is 6.92 Å². The predicted molar refractivity (Wildman–Crippen MR) is 37.0 cm³/mol. The van der Waals surface area contributed by atoms with Crippen LogP contribution in [0.4, 0.5) is 0 Å². The lowest BCUT2D eigenvalue weighted by atomic mass is 10.7. The molecule has 0 N–H and O–H groups in total. The fraction of sp³-hybridized carbons (Fsp3) is 1.00. The Balaban J connectivity index is 3.69. The van der Waals surface area contributed by atoms with Gasteiger partial charge >= 0.3 is 0 Å². The summed E-state index contributed by atoms with van der Waals surface area (Å²) in [4.78, 5) is 0. The molecule has 0 bridgehead atoms. The largest absolute Gasteiger partial charge is 0.352 e. The average Bonchev–Trinajstić information content (AvgIpc) is 1.59. The summed E-state index contributed by atoms with van der Waals surface area (Å²) in [5.41, 5.74) is 0. The molecule has 0 aromatic rings. The van der Waals surface area contributed by atoms with E-state index in [4.69, 9.17) is 4.74 Å². The Morgan fingerprint density at radius 2 is 2.00 bits per heavy atom. The van der Waals surface area contributed by atoms with Gasteiger partial charge in [0.15, 0.2) is 6.29 Å². The Bertz CT molecular complexity index is 172. The van der Waals surface area contributed by atoms with E-state index in [0.717, 1.165) is 6.26 Å². The summed E-state index contributed by atoms with van der Waals surface area (Å²) in [6, 6.07) is 0. The average molecular weight is 168 g/mol. The highest BCUT2D eigenvalue weighted by Crippen LogP contribution is 1.97. The molecule has 0 radical (unpaired) electrons. The zero-order valence-corrected chi connectivity index (χ0v) is 7.14. The smallest absolute Gasteiger partial charge is 0.266 e. The number of rotatable bonds is 4. The van der Waals surface area contributed by atoms with Gasteiger partial charge in [0.25, 0.3) is 10.1 Å². The van der Waals surface area contributed by atoms with Crippen LogP contribution in [0.1, 0.15) is 13.8 Å². The standard InChI is InChI=1S/C5H12O4S/c1-4-8-5(2)9-10(3,6)7/h5H,4H2,1-3H3. The summed E-state index contributed by atoms with van der Waals surface area (Å²) in [7, 11) is -3.37. The van der Waals surface area contributed by atoms with Gasteiger partial charge in [-0.15, -0.1) is 0 Å². The zero-order valence-electron chi connectivity index (χ0n) is 6.33. The molecule has 4 nitrogen and oxygen atoms in total. The van der Waals surface area contributed by atoms with Gasteiger partial charge in [0.1, 0.15) is 0 Å². The normalized spacial score (nSPS) is 15.1. The van der Waals surface area contributed by atoms with Crippen LogP contribution in [-0.4, -0.2) is 27.6 Å². The predicted octanol–water partition coefficient (Wildman–Crippen LogP) is 0.345. The highest BCUT2D eigenvalue weighted by atomic mass is 32.2. The van der Waals surface area contributed by atoms with Gasteiger partial charge < -0.3 is 4.74 Å². The van der Waals surface area contributed by atoms with Crippen LogP contribution in [0.3, 0.4) is 0 Å². The van der Waals surface area contributed by atoms with E-state index in [1.807, 2.05) is 0 Å². The molecule has 62 valence electrons.